The standard InChI is InChI=1S/C19H12Cl4O5S/c20-13-1-10(2-14(21)7-13)19(29(26,27)28,11-3-15(22)8-17(24)5-11)12-4-16(23)9-18(25)6-12/h1-9,24-25H,(H,26,27,28). The summed E-state index contributed by atoms with van der Waals surface area (Å²) in [6.07, 6.45) is 0. The molecule has 0 unspecified atom stereocenters. The van der Waals surface area contributed by atoms with E-state index in [4.69, 9.17) is 46.4 Å². The second-order valence-corrected chi connectivity index (χ2v) is 9.52. The third-order valence-electron chi connectivity index (χ3n) is 4.23. The lowest BCUT2D eigenvalue weighted by Gasteiger charge is -2.33. The number of rotatable bonds is 4. The highest BCUT2D eigenvalue weighted by atomic mass is 35.5. The SMILES string of the molecule is O=S(=O)(O)C(c1cc(O)cc(Cl)c1)(c1cc(O)cc(Cl)c1)c1cc(Cl)cc(Cl)c1. The Balaban J connectivity index is 2.60. The number of phenolic OH excluding ortho intramolecular Hbond substituents is 2. The van der Waals surface area contributed by atoms with Crippen molar-refractivity contribution in [3.63, 3.8) is 0 Å². The van der Waals surface area contributed by atoms with Crippen LogP contribution in [0.4, 0.5) is 0 Å². The van der Waals surface area contributed by atoms with E-state index in [0.29, 0.717) is 0 Å². The maximum atomic E-state index is 12.9. The highest BCUT2D eigenvalue weighted by Gasteiger charge is 2.49. The molecule has 10 heteroatoms. The third kappa shape index (κ3) is 4.14. The van der Waals surface area contributed by atoms with Gasteiger partial charge in [0.05, 0.1) is 0 Å². The van der Waals surface area contributed by atoms with E-state index in [0.717, 1.165) is 12.1 Å². The summed E-state index contributed by atoms with van der Waals surface area (Å²) in [5.74, 6) is -0.695. The Kier molecular flexibility index (Phi) is 5.98. The van der Waals surface area contributed by atoms with Crippen LogP contribution in [0, 0.1) is 0 Å². The molecule has 0 saturated heterocycles. The van der Waals surface area contributed by atoms with Crippen molar-refractivity contribution in [2.45, 2.75) is 4.75 Å². The number of benzene rings is 3. The Morgan fingerprint density at radius 2 is 0.897 bits per heavy atom. The molecular formula is C19H12Cl4O5S. The molecular weight excluding hydrogens is 482 g/mol. The Labute approximate surface area is 186 Å². The summed E-state index contributed by atoms with van der Waals surface area (Å²) in [4.78, 5) is 0. The molecule has 3 N–H and O–H groups in total. The van der Waals surface area contributed by atoms with Crippen molar-refractivity contribution in [1.29, 1.82) is 0 Å². The van der Waals surface area contributed by atoms with Crippen LogP contribution in [0.1, 0.15) is 16.7 Å². The summed E-state index contributed by atoms with van der Waals surface area (Å²) in [5, 5.41) is 20.3. The van der Waals surface area contributed by atoms with Gasteiger partial charge in [-0.15, -0.1) is 0 Å². The van der Waals surface area contributed by atoms with E-state index < -0.39 is 14.9 Å². The molecule has 0 spiro atoms. The maximum Gasteiger partial charge on any atom is 0.283 e. The normalized spacial score (nSPS) is 12.2. The molecule has 3 aromatic rings. The molecule has 0 heterocycles. The van der Waals surface area contributed by atoms with Gasteiger partial charge >= 0.3 is 0 Å². The van der Waals surface area contributed by atoms with Gasteiger partial charge in [-0.1, -0.05) is 46.4 Å². The first kappa shape index (κ1) is 22.0. The average molecular weight is 494 g/mol. The second kappa shape index (κ2) is 7.87. The average Bonchev–Trinajstić information content (AvgIpc) is 2.51. The Morgan fingerprint density at radius 1 is 0.586 bits per heavy atom. The van der Waals surface area contributed by atoms with Crippen molar-refractivity contribution in [3.05, 3.63) is 91.4 Å². The Morgan fingerprint density at radius 3 is 1.21 bits per heavy atom. The second-order valence-electron chi connectivity index (χ2n) is 6.21. The zero-order valence-corrected chi connectivity index (χ0v) is 18.1. The first-order valence-corrected chi connectivity index (χ1v) is 10.8. The summed E-state index contributed by atoms with van der Waals surface area (Å²) in [6.45, 7) is 0. The number of hydrogen-bond acceptors (Lipinski definition) is 4. The fourth-order valence-corrected chi connectivity index (χ4v) is 5.49. The van der Waals surface area contributed by atoms with Gasteiger partial charge < -0.3 is 10.2 Å². The smallest absolute Gasteiger partial charge is 0.283 e. The van der Waals surface area contributed by atoms with Crippen LogP contribution < -0.4 is 0 Å². The first-order valence-electron chi connectivity index (χ1n) is 7.87. The van der Waals surface area contributed by atoms with Gasteiger partial charge in [0.1, 0.15) is 11.5 Å². The zero-order valence-electron chi connectivity index (χ0n) is 14.3. The maximum absolute atomic E-state index is 12.9. The van der Waals surface area contributed by atoms with Crippen molar-refractivity contribution in [2.24, 2.45) is 0 Å². The van der Waals surface area contributed by atoms with Gasteiger partial charge in [-0.25, -0.2) is 0 Å². The minimum atomic E-state index is -5.04. The van der Waals surface area contributed by atoms with Crippen LogP contribution in [0.5, 0.6) is 11.5 Å². The summed E-state index contributed by atoms with van der Waals surface area (Å²) in [6, 6.07) is 11.1. The molecule has 5 nitrogen and oxygen atoms in total. The molecule has 0 atom stereocenters. The van der Waals surface area contributed by atoms with Gasteiger partial charge in [-0.2, -0.15) is 8.42 Å². The van der Waals surface area contributed by atoms with Gasteiger partial charge in [0, 0.05) is 20.1 Å². The fourth-order valence-electron chi connectivity index (χ4n) is 3.26. The number of halogens is 4. The lowest BCUT2D eigenvalue weighted by atomic mass is 9.83. The van der Waals surface area contributed by atoms with Crippen molar-refractivity contribution in [1.82, 2.24) is 0 Å². The van der Waals surface area contributed by atoms with Crippen LogP contribution in [0.25, 0.3) is 0 Å². The van der Waals surface area contributed by atoms with Crippen LogP contribution in [0.2, 0.25) is 20.1 Å². The summed E-state index contributed by atoms with van der Waals surface area (Å²) >= 11 is 24.3. The molecule has 0 bridgehead atoms. The van der Waals surface area contributed by atoms with E-state index in [-0.39, 0.29) is 48.3 Å². The van der Waals surface area contributed by atoms with Crippen molar-refractivity contribution in [3.8, 4) is 11.5 Å². The summed E-state index contributed by atoms with van der Waals surface area (Å²) in [5.41, 5.74) is -0.296. The van der Waals surface area contributed by atoms with Crippen LogP contribution in [-0.2, 0) is 14.9 Å². The highest BCUT2D eigenvalue weighted by molar-refractivity contribution is 7.87. The van der Waals surface area contributed by atoms with Crippen LogP contribution >= 0.6 is 46.4 Å². The van der Waals surface area contributed by atoms with E-state index in [1.54, 1.807) is 0 Å². The topological polar surface area (TPSA) is 94.8 Å². The molecule has 0 aliphatic heterocycles. The van der Waals surface area contributed by atoms with Gasteiger partial charge in [-0.3, -0.25) is 4.55 Å². The molecule has 0 amide bonds. The predicted octanol–water partition coefficient (Wildman–Crippen LogP) is 5.89. The zero-order chi connectivity index (χ0) is 21.6. The van der Waals surface area contributed by atoms with E-state index in [1.807, 2.05) is 0 Å². The molecule has 0 aromatic heterocycles. The lowest BCUT2D eigenvalue weighted by Crippen LogP contribution is -2.38. The molecule has 0 fully saturated rings. The number of hydrogen-bond donors (Lipinski definition) is 3. The molecule has 3 aromatic carbocycles. The van der Waals surface area contributed by atoms with Gasteiger partial charge in [0.15, 0.2) is 4.75 Å². The minimum absolute atomic E-state index is 0.00685. The molecule has 29 heavy (non-hydrogen) atoms. The van der Waals surface area contributed by atoms with Crippen LogP contribution in [-0.4, -0.2) is 23.2 Å². The summed E-state index contributed by atoms with van der Waals surface area (Å²) < 4.78 is 34.0. The van der Waals surface area contributed by atoms with Crippen LogP contribution in [0.15, 0.2) is 54.6 Å². The quantitative estimate of drug-likeness (QED) is 0.311. The van der Waals surface area contributed by atoms with Gasteiger partial charge in [0.25, 0.3) is 10.1 Å². The molecule has 0 radical (unpaired) electrons. The van der Waals surface area contributed by atoms with Gasteiger partial charge in [0.2, 0.25) is 0 Å². The van der Waals surface area contributed by atoms with Crippen molar-refractivity contribution in [2.75, 3.05) is 0 Å². The van der Waals surface area contributed by atoms with Crippen LogP contribution in [0.3, 0.4) is 0 Å². The van der Waals surface area contributed by atoms with E-state index in [1.165, 1.54) is 42.5 Å². The van der Waals surface area contributed by atoms with E-state index in [9.17, 15) is 23.2 Å². The number of phenols is 2. The molecule has 0 aliphatic carbocycles. The lowest BCUT2D eigenvalue weighted by molar-refractivity contribution is 0.455. The molecule has 0 saturated carbocycles. The van der Waals surface area contributed by atoms with E-state index >= 15 is 0 Å². The van der Waals surface area contributed by atoms with E-state index in [2.05, 4.69) is 0 Å². The molecule has 0 aliphatic rings. The monoisotopic (exact) mass is 492 g/mol. The predicted molar refractivity (Wildman–Crippen MR) is 114 cm³/mol. The molecule has 152 valence electrons. The van der Waals surface area contributed by atoms with Gasteiger partial charge in [-0.05, 0) is 71.3 Å². The summed E-state index contributed by atoms with van der Waals surface area (Å²) in [7, 11) is -5.04. The Bertz CT molecular complexity index is 1030. The third-order valence-corrected chi connectivity index (χ3v) is 6.59. The largest absolute Gasteiger partial charge is 0.508 e. The number of aromatic hydroxyl groups is 2. The first-order chi connectivity index (χ1) is 13.4. The van der Waals surface area contributed by atoms with Crippen molar-refractivity contribution < 1.29 is 23.2 Å². The highest BCUT2D eigenvalue weighted by Crippen LogP contribution is 2.47. The van der Waals surface area contributed by atoms with Crippen molar-refractivity contribution >= 4 is 56.5 Å². The fraction of sp³-hybridized carbons (Fsp3) is 0.0526. The minimum Gasteiger partial charge on any atom is -0.508 e. The Hall–Kier alpha value is -1.67. The molecule has 3 rings (SSSR count).